The Labute approximate surface area is 135 Å². The summed E-state index contributed by atoms with van der Waals surface area (Å²) in [6.07, 6.45) is 22.8. The normalized spacial score (nSPS) is 12.7. The molecule has 1 N–H and O–H groups in total. The standard InChI is InChI=1S/C20H43N/c1-4-6-8-10-11-12-13-14-15-17-19-20(21-3)18-16-9-7-5-2/h20-21H,4-19H2,1-3H3. The van der Waals surface area contributed by atoms with Crippen LogP contribution in [0.25, 0.3) is 0 Å². The van der Waals surface area contributed by atoms with E-state index in [2.05, 4.69) is 26.2 Å². The van der Waals surface area contributed by atoms with E-state index in [-0.39, 0.29) is 0 Å². The van der Waals surface area contributed by atoms with Crippen molar-refractivity contribution >= 4 is 0 Å². The zero-order valence-electron chi connectivity index (χ0n) is 15.4. The maximum absolute atomic E-state index is 3.51. The van der Waals surface area contributed by atoms with Crippen molar-refractivity contribution in [1.82, 2.24) is 5.32 Å². The summed E-state index contributed by atoms with van der Waals surface area (Å²) in [7, 11) is 2.14. The highest BCUT2D eigenvalue weighted by Gasteiger charge is 2.05. The molecule has 0 aromatic carbocycles. The van der Waals surface area contributed by atoms with Gasteiger partial charge in [0.05, 0.1) is 0 Å². The summed E-state index contributed by atoms with van der Waals surface area (Å²) in [5.74, 6) is 0. The van der Waals surface area contributed by atoms with E-state index in [4.69, 9.17) is 0 Å². The van der Waals surface area contributed by atoms with E-state index in [1.165, 1.54) is 103 Å². The molecule has 0 aliphatic rings. The number of nitrogens with one attached hydrogen (secondary N) is 1. The van der Waals surface area contributed by atoms with Crippen molar-refractivity contribution in [2.45, 2.75) is 123 Å². The van der Waals surface area contributed by atoms with E-state index in [9.17, 15) is 0 Å². The molecule has 1 heteroatoms. The van der Waals surface area contributed by atoms with Crippen LogP contribution in [0.3, 0.4) is 0 Å². The van der Waals surface area contributed by atoms with Gasteiger partial charge in [0.15, 0.2) is 0 Å². The Bertz CT molecular complexity index is 179. The van der Waals surface area contributed by atoms with E-state index >= 15 is 0 Å². The predicted molar refractivity (Wildman–Crippen MR) is 98.1 cm³/mol. The fourth-order valence-corrected chi connectivity index (χ4v) is 3.13. The first-order valence-corrected chi connectivity index (χ1v) is 10.0. The van der Waals surface area contributed by atoms with Crippen LogP contribution in [0.4, 0.5) is 0 Å². The van der Waals surface area contributed by atoms with Gasteiger partial charge >= 0.3 is 0 Å². The van der Waals surface area contributed by atoms with Crippen molar-refractivity contribution < 1.29 is 0 Å². The SMILES string of the molecule is CCCCCCCCCCCCC(CCCCCC)NC. The van der Waals surface area contributed by atoms with E-state index in [0.717, 1.165) is 6.04 Å². The second kappa shape index (κ2) is 18.0. The lowest BCUT2D eigenvalue weighted by Gasteiger charge is -2.15. The highest BCUT2D eigenvalue weighted by atomic mass is 14.9. The molecule has 0 aliphatic carbocycles. The molecule has 0 spiro atoms. The molecular formula is C20H43N. The Balaban J connectivity index is 3.23. The van der Waals surface area contributed by atoms with Gasteiger partial charge in [-0.2, -0.15) is 0 Å². The van der Waals surface area contributed by atoms with Crippen molar-refractivity contribution in [3.8, 4) is 0 Å². The quantitative estimate of drug-likeness (QED) is 0.289. The lowest BCUT2D eigenvalue weighted by Crippen LogP contribution is -2.24. The van der Waals surface area contributed by atoms with Crippen molar-refractivity contribution in [2.75, 3.05) is 7.05 Å². The molecule has 0 aromatic heterocycles. The molecule has 0 heterocycles. The van der Waals surface area contributed by atoms with Crippen LogP contribution in [-0.4, -0.2) is 13.1 Å². The fraction of sp³-hybridized carbons (Fsp3) is 1.00. The second-order valence-electron chi connectivity index (χ2n) is 6.81. The van der Waals surface area contributed by atoms with Crippen molar-refractivity contribution in [3.05, 3.63) is 0 Å². The van der Waals surface area contributed by atoms with E-state index in [1.54, 1.807) is 0 Å². The first-order valence-electron chi connectivity index (χ1n) is 10.0. The zero-order valence-corrected chi connectivity index (χ0v) is 15.4. The first kappa shape index (κ1) is 21.0. The third-order valence-corrected chi connectivity index (χ3v) is 4.72. The Kier molecular flexibility index (Phi) is 18.0. The molecule has 0 radical (unpaired) electrons. The Hall–Kier alpha value is -0.0400. The van der Waals surface area contributed by atoms with Gasteiger partial charge in [0.1, 0.15) is 0 Å². The highest BCUT2D eigenvalue weighted by Crippen LogP contribution is 2.14. The number of hydrogen-bond acceptors (Lipinski definition) is 1. The Morgan fingerprint density at radius 1 is 0.524 bits per heavy atom. The average Bonchev–Trinajstić information content (AvgIpc) is 2.51. The van der Waals surface area contributed by atoms with Crippen LogP contribution in [0.5, 0.6) is 0 Å². The van der Waals surface area contributed by atoms with Crippen LogP contribution in [-0.2, 0) is 0 Å². The molecule has 1 unspecified atom stereocenters. The molecular weight excluding hydrogens is 254 g/mol. The fourth-order valence-electron chi connectivity index (χ4n) is 3.13. The smallest absolute Gasteiger partial charge is 0.00640 e. The van der Waals surface area contributed by atoms with Gasteiger partial charge < -0.3 is 5.32 Å². The van der Waals surface area contributed by atoms with Gasteiger partial charge in [-0.05, 0) is 19.9 Å². The lowest BCUT2D eigenvalue weighted by molar-refractivity contribution is 0.437. The van der Waals surface area contributed by atoms with Crippen LogP contribution in [0.15, 0.2) is 0 Å². The minimum absolute atomic E-state index is 0.774. The third kappa shape index (κ3) is 16.2. The largest absolute Gasteiger partial charge is 0.317 e. The molecule has 0 aliphatic heterocycles. The van der Waals surface area contributed by atoms with E-state index < -0.39 is 0 Å². The number of rotatable bonds is 17. The van der Waals surface area contributed by atoms with E-state index in [1.807, 2.05) is 0 Å². The molecule has 0 saturated heterocycles. The molecule has 1 nitrogen and oxygen atoms in total. The van der Waals surface area contributed by atoms with Gasteiger partial charge in [-0.1, -0.05) is 104 Å². The van der Waals surface area contributed by atoms with Gasteiger partial charge in [-0.25, -0.2) is 0 Å². The molecule has 1 atom stereocenters. The summed E-state index contributed by atoms with van der Waals surface area (Å²) < 4.78 is 0. The monoisotopic (exact) mass is 297 g/mol. The summed E-state index contributed by atoms with van der Waals surface area (Å²) in [6, 6.07) is 0.774. The molecule has 0 rings (SSSR count). The summed E-state index contributed by atoms with van der Waals surface area (Å²) in [5, 5.41) is 3.51. The van der Waals surface area contributed by atoms with Crippen LogP contribution in [0, 0.1) is 0 Å². The number of unbranched alkanes of at least 4 members (excludes halogenated alkanes) is 12. The van der Waals surface area contributed by atoms with Gasteiger partial charge in [0.2, 0.25) is 0 Å². The summed E-state index contributed by atoms with van der Waals surface area (Å²) in [5.41, 5.74) is 0. The molecule has 0 aromatic rings. The Morgan fingerprint density at radius 2 is 0.857 bits per heavy atom. The van der Waals surface area contributed by atoms with Gasteiger partial charge in [0, 0.05) is 6.04 Å². The van der Waals surface area contributed by atoms with Crippen LogP contribution in [0.1, 0.15) is 117 Å². The molecule has 0 amide bonds. The predicted octanol–water partition coefficient (Wildman–Crippen LogP) is 6.86. The maximum Gasteiger partial charge on any atom is 0.00640 e. The van der Waals surface area contributed by atoms with Crippen LogP contribution in [0.2, 0.25) is 0 Å². The summed E-state index contributed by atoms with van der Waals surface area (Å²) in [4.78, 5) is 0. The van der Waals surface area contributed by atoms with E-state index in [0.29, 0.717) is 0 Å². The van der Waals surface area contributed by atoms with Gasteiger partial charge in [-0.3, -0.25) is 0 Å². The first-order chi connectivity index (χ1) is 10.3. The minimum atomic E-state index is 0.774. The summed E-state index contributed by atoms with van der Waals surface area (Å²) >= 11 is 0. The van der Waals surface area contributed by atoms with Crippen molar-refractivity contribution in [2.24, 2.45) is 0 Å². The second-order valence-corrected chi connectivity index (χ2v) is 6.81. The molecule has 128 valence electrons. The third-order valence-electron chi connectivity index (χ3n) is 4.72. The van der Waals surface area contributed by atoms with Gasteiger partial charge in [0.25, 0.3) is 0 Å². The van der Waals surface area contributed by atoms with Crippen LogP contribution >= 0.6 is 0 Å². The molecule has 0 fully saturated rings. The summed E-state index contributed by atoms with van der Waals surface area (Å²) in [6.45, 7) is 4.58. The molecule has 21 heavy (non-hydrogen) atoms. The Morgan fingerprint density at radius 3 is 1.24 bits per heavy atom. The molecule has 0 bridgehead atoms. The topological polar surface area (TPSA) is 12.0 Å². The van der Waals surface area contributed by atoms with Crippen LogP contribution < -0.4 is 5.32 Å². The molecule has 0 saturated carbocycles. The minimum Gasteiger partial charge on any atom is -0.317 e. The zero-order chi connectivity index (χ0) is 15.6. The highest BCUT2D eigenvalue weighted by molar-refractivity contribution is 4.64. The van der Waals surface area contributed by atoms with Crippen molar-refractivity contribution in [1.29, 1.82) is 0 Å². The van der Waals surface area contributed by atoms with Crippen molar-refractivity contribution in [3.63, 3.8) is 0 Å². The average molecular weight is 298 g/mol. The maximum atomic E-state index is 3.51. The van der Waals surface area contributed by atoms with Gasteiger partial charge in [-0.15, -0.1) is 0 Å². The lowest BCUT2D eigenvalue weighted by atomic mass is 10.0. The number of hydrogen-bond donors (Lipinski definition) is 1.